The van der Waals surface area contributed by atoms with Crippen molar-refractivity contribution in [3.05, 3.63) is 78.8 Å². The van der Waals surface area contributed by atoms with Crippen molar-refractivity contribution in [2.45, 2.75) is 11.5 Å². The highest BCUT2D eigenvalue weighted by molar-refractivity contribution is 6.52. The van der Waals surface area contributed by atoms with Gasteiger partial charge in [0, 0.05) is 18.6 Å². The van der Waals surface area contributed by atoms with E-state index >= 15 is 0 Å². The van der Waals surface area contributed by atoms with Gasteiger partial charge in [-0.25, -0.2) is 0 Å². The minimum atomic E-state index is -0.782. The number of rotatable bonds is 1. The van der Waals surface area contributed by atoms with Gasteiger partial charge in [0.25, 0.3) is 0 Å². The zero-order valence-corrected chi connectivity index (χ0v) is 14.5. The highest BCUT2D eigenvalue weighted by Crippen LogP contribution is 2.59. The van der Waals surface area contributed by atoms with Gasteiger partial charge in [-0.05, 0) is 22.8 Å². The fraction of sp³-hybridized carbons (Fsp3) is 0.176. The van der Waals surface area contributed by atoms with Crippen molar-refractivity contribution in [2.24, 2.45) is 0 Å². The van der Waals surface area contributed by atoms with Crippen LogP contribution in [0.1, 0.15) is 28.2 Å². The second kappa shape index (κ2) is 4.90. The monoisotopic (exact) mass is 370 g/mol. The van der Waals surface area contributed by atoms with Crippen LogP contribution in [0.2, 0.25) is 20.1 Å². The van der Waals surface area contributed by atoms with E-state index in [1.165, 1.54) is 0 Å². The molecule has 2 bridgehead atoms. The van der Waals surface area contributed by atoms with Crippen LogP contribution >= 0.6 is 46.4 Å². The fourth-order valence-corrected chi connectivity index (χ4v) is 4.71. The average Bonchev–Trinajstić information content (AvgIpc) is 2.57. The Balaban J connectivity index is 2.19. The molecule has 3 aliphatic carbocycles. The third kappa shape index (κ3) is 1.61. The lowest BCUT2D eigenvalue weighted by Gasteiger charge is -2.45. The molecule has 5 heteroatoms. The first-order chi connectivity index (χ1) is 10.5. The van der Waals surface area contributed by atoms with Crippen LogP contribution in [-0.2, 0) is 10.3 Å². The van der Waals surface area contributed by atoms with Crippen LogP contribution < -0.4 is 0 Å². The number of hydrogen-bond donors (Lipinski definition) is 0. The summed E-state index contributed by atoms with van der Waals surface area (Å²) in [4.78, 5) is 0. The van der Waals surface area contributed by atoms with Gasteiger partial charge in [-0.3, -0.25) is 0 Å². The Kier molecular flexibility index (Phi) is 3.31. The smallest absolute Gasteiger partial charge is 0.138 e. The molecule has 2 atom stereocenters. The molecule has 112 valence electrons. The highest BCUT2D eigenvalue weighted by atomic mass is 35.5. The van der Waals surface area contributed by atoms with Crippen molar-refractivity contribution in [3.8, 4) is 0 Å². The van der Waals surface area contributed by atoms with Crippen LogP contribution in [-0.4, -0.2) is 7.11 Å². The molecule has 0 unspecified atom stereocenters. The molecule has 0 amide bonds. The SMILES string of the molecule is CO[C@@]12C=C[C@@H](c3ccccc31)c1c(Cl)c(Cl)c(Cl)c(Cl)c12. The van der Waals surface area contributed by atoms with Crippen LogP contribution in [0.15, 0.2) is 36.4 Å². The summed E-state index contributed by atoms with van der Waals surface area (Å²) < 4.78 is 5.92. The van der Waals surface area contributed by atoms with Crippen LogP contribution in [0, 0.1) is 0 Å². The Morgan fingerprint density at radius 1 is 0.955 bits per heavy atom. The summed E-state index contributed by atoms with van der Waals surface area (Å²) in [6.45, 7) is 0. The molecule has 2 aromatic rings. The third-order valence-electron chi connectivity index (χ3n) is 4.53. The van der Waals surface area contributed by atoms with Gasteiger partial charge in [-0.1, -0.05) is 76.7 Å². The Morgan fingerprint density at radius 2 is 1.64 bits per heavy atom. The first-order valence-electron chi connectivity index (χ1n) is 6.73. The predicted molar refractivity (Wildman–Crippen MR) is 91.7 cm³/mol. The molecule has 0 saturated carbocycles. The molecule has 0 N–H and O–H groups in total. The fourth-order valence-electron chi connectivity index (χ4n) is 3.59. The van der Waals surface area contributed by atoms with Gasteiger partial charge in [-0.2, -0.15) is 0 Å². The summed E-state index contributed by atoms with van der Waals surface area (Å²) >= 11 is 25.6. The van der Waals surface area contributed by atoms with Gasteiger partial charge in [-0.15, -0.1) is 0 Å². The number of hydrogen-bond acceptors (Lipinski definition) is 1. The molecule has 0 saturated heterocycles. The quantitative estimate of drug-likeness (QED) is 0.329. The molecule has 0 aromatic heterocycles. The van der Waals surface area contributed by atoms with E-state index in [9.17, 15) is 0 Å². The number of ether oxygens (including phenoxy) is 1. The van der Waals surface area contributed by atoms with Crippen LogP contribution in [0.3, 0.4) is 0 Å². The van der Waals surface area contributed by atoms with E-state index in [2.05, 4.69) is 12.1 Å². The van der Waals surface area contributed by atoms with E-state index in [0.717, 1.165) is 22.3 Å². The largest absolute Gasteiger partial charge is 0.365 e. The summed E-state index contributed by atoms with van der Waals surface area (Å²) in [5, 5.41) is 1.40. The molecule has 3 aliphatic rings. The summed E-state index contributed by atoms with van der Waals surface area (Å²) in [6.07, 6.45) is 4.11. The second-order valence-corrected chi connectivity index (χ2v) is 6.92. The van der Waals surface area contributed by atoms with E-state index in [0.29, 0.717) is 10.0 Å². The van der Waals surface area contributed by atoms with Crippen molar-refractivity contribution >= 4 is 46.4 Å². The minimum absolute atomic E-state index is 0.00277. The van der Waals surface area contributed by atoms with Crippen molar-refractivity contribution in [2.75, 3.05) is 7.11 Å². The highest BCUT2D eigenvalue weighted by Gasteiger charge is 2.48. The van der Waals surface area contributed by atoms with Crippen LogP contribution in [0.4, 0.5) is 0 Å². The van der Waals surface area contributed by atoms with Gasteiger partial charge < -0.3 is 4.74 Å². The van der Waals surface area contributed by atoms with E-state index in [4.69, 9.17) is 51.1 Å². The maximum Gasteiger partial charge on any atom is 0.138 e. The van der Waals surface area contributed by atoms with E-state index in [1.54, 1.807) is 7.11 Å². The molecule has 1 nitrogen and oxygen atoms in total. The number of halogens is 4. The lowest BCUT2D eigenvalue weighted by Crippen LogP contribution is -2.38. The van der Waals surface area contributed by atoms with Crippen molar-refractivity contribution in [1.82, 2.24) is 0 Å². The third-order valence-corrected chi connectivity index (χ3v) is 6.34. The second-order valence-electron chi connectivity index (χ2n) is 5.41. The molecular weight excluding hydrogens is 362 g/mol. The Hall–Kier alpha value is -0.700. The average molecular weight is 372 g/mol. The topological polar surface area (TPSA) is 9.23 Å². The van der Waals surface area contributed by atoms with E-state index in [1.807, 2.05) is 24.3 Å². The van der Waals surface area contributed by atoms with Gasteiger partial charge in [0.1, 0.15) is 5.60 Å². The molecule has 5 rings (SSSR count). The zero-order chi connectivity index (χ0) is 15.6. The number of allylic oxidation sites excluding steroid dienone is 1. The summed E-state index contributed by atoms with van der Waals surface area (Å²) in [6, 6.07) is 8.11. The first kappa shape index (κ1) is 14.9. The molecule has 22 heavy (non-hydrogen) atoms. The van der Waals surface area contributed by atoms with Crippen molar-refractivity contribution in [3.63, 3.8) is 0 Å². The summed E-state index contributed by atoms with van der Waals surface area (Å²) in [7, 11) is 1.66. The molecule has 2 aromatic carbocycles. The number of benzene rings is 2. The first-order valence-corrected chi connectivity index (χ1v) is 8.24. The maximum absolute atomic E-state index is 6.53. The summed E-state index contributed by atoms with van der Waals surface area (Å²) in [5.74, 6) is 0.00277. The predicted octanol–water partition coefficient (Wildman–Crippen LogP) is 6.21. The maximum atomic E-state index is 6.53. The lowest BCUT2D eigenvalue weighted by molar-refractivity contribution is 0.0582. The molecule has 0 aliphatic heterocycles. The Morgan fingerprint density at radius 3 is 2.36 bits per heavy atom. The molecular formula is C17H10Cl4O. The molecule has 0 radical (unpaired) electrons. The zero-order valence-electron chi connectivity index (χ0n) is 11.5. The molecule has 0 spiro atoms. The van der Waals surface area contributed by atoms with Gasteiger partial charge in [0.2, 0.25) is 0 Å². The van der Waals surface area contributed by atoms with Crippen molar-refractivity contribution < 1.29 is 4.74 Å². The van der Waals surface area contributed by atoms with Gasteiger partial charge in [0.05, 0.1) is 20.1 Å². The van der Waals surface area contributed by atoms with Gasteiger partial charge >= 0.3 is 0 Å². The van der Waals surface area contributed by atoms with Gasteiger partial charge in [0.15, 0.2) is 0 Å². The summed E-state index contributed by atoms with van der Waals surface area (Å²) in [5.41, 5.74) is 3.10. The Labute approximate surface area is 148 Å². The standard InChI is InChI=1S/C17H10Cl4O/c1-22-17-7-6-9(8-4-2-3-5-10(8)17)11-12(17)14(19)16(21)15(20)13(11)18/h2-7,9H,1H3/t9-,17-/m0/s1. The van der Waals surface area contributed by atoms with E-state index < -0.39 is 5.60 Å². The van der Waals surface area contributed by atoms with E-state index in [-0.39, 0.29) is 16.0 Å². The van der Waals surface area contributed by atoms with Crippen molar-refractivity contribution in [1.29, 1.82) is 0 Å². The number of methoxy groups -OCH3 is 1. The lowest BCUT2D eigenvalue weighted by atomic mass is 9.65. The van der Waals surface area contributed by atoms with Crippen LogP contribution in [0.25, 0.3) is 0 Å². The molecule has 0 heterocycles. The molecule has 0 fully saturated rings. The minimum Gasteiger partial charge on any atom is -0.365 e. The van der Waals surface area contributed by atoms with Crippen LogP contribution in [0.5, 0.6) is 0 Å². The Bertz CT molecular complexity index is 843. The normalized spacial score (nSPS) is 24.3.